The fourth-order valence-corrected chi connectivity index (χ4v) is 4.15. The molecule has 2 aromatic carbocycles. The van der Waals surface area contributed by atoms with Gasteiger partial charge in [0.1, 0.15) is 5.65 Å². The Morgan fingerprint density at radius 3 is 2.63 bits per heavy atom. The van der Waals surface area contributed by atoms with Gasteiger partial charge in [-0.1, -0.05) is 23.7 Å². The molecular weight excluding hydrogens is 424 g/mol. The van der Waals surface area contributed by atoms with Crippen LogP contribution in [0.2, 0.25) is 5.02 Å². The zero-order valence-electron chi connectivity index (χ0n) is 15.6. The quantitative estimate of drug-likeness (QED) is 0.478. The first-order valence-electron chi connectivity index (χ1n) is 8.99. The summed E-state index contributed by atoms with van der Waals surface area (Å²) in [5.74, 6) is -0.299. The molecular formula is C21H17ClN4O3S. The molecule has 0 saturated heterocycles. The van der Waals surface area contributed by atoms with Gasteiger partial charge in [-0.05, 0) is 54.1 Å². The van der Waals surface area contributed by atoms with Crippen LogP contribution < -0.4 is 10.0 Å². The van der Waals surface area contributed by atoms with E-state index in [1.807, 2.05) is 28.9 Å². The lowest BCUT2D eigenvalue weighted by molar-refractivity contribution is 0.0951. The van der Waals surface area contributed by atoms with Crippen LogP contribution in [0.15, 0.2) is 84.1 Å². The number of sulfonamides is 1. The number of benzene rings is 2. The van der Waals surface area contributed by atoms with Gasteiger partial charge < -0.3 is 9.72 Å². The largest absolute Gasteiger partial charge is 0.348 e. The highest BCUT2D eigenvalue weighted by atomic mass is 35.5. The third-order valence-electron chi connectivity index (χ3n) is 4.41. The molecule has 2 aromatic heterocycles. The second-order valence-electron chi connectivity index (χ2n) is 6.55. The molecule has 0 aliphatic rings. The Labute approximate surface area is 178 Å². The predicted molar refractivity (Wildman–Crippen MR) is 115 cm³/mol. The molecule has 0 aliphatic carbocycles. The molecule has 0 atom stereocenters. The fraction of sp³-hybridized carbons (Fsp3) is 0.0476. The van der Waals surface area contributed by atoms with Gasteiger partial charge in [-0.25, -0.2) is 13.4 Å². The summed E-state index contributed by atoms with van der Waals surface area (Å²) in [7, 11) is -3.79. The van der Waals surface area contributed by atoms with Crippen LogP contribution >= 0.6 is 11.6 Å². The summed E-state index contributed by atoms with van der Waals surface area (Å²) >= 11 is 5.89. The van der Waals surface area contributed by atoms with E-state index in [0.29, 0.717) is 22.8 Å². The number of fused-ring (bicyclic) bond motifs is 1. The Morgan fingerprint density at radius 1 is 1.07 bits per heavy atom. The summed E-state index contributed by atoms with van der Waals surface area (Å²) in [4.78, 5) is 16.6. The summed E-state index contributed by atoms with van der Waals surface area (Å²) in [5, 5.41) is 3.25. The van der Waals surface area contributed by atoms with Gasteiger partial charge in [-0.15, -0.1) is 0 Å². The normalized spacial score (nSPS) is 11.4. The number of amides is 1. The number of rotatable bonds is 6. The Hall–Kier alpha value is -3.36. The van der Waals surface area contributed by atoms with Crippen molar-refractivity contribution in [2.24, 2.45) is 0 Å². The third kappa shape index (κ3) is 4.45. The minimum absolute atomic E-state index is 0.0459. The van der Waals surface area contributed by atoms with E-state index in [2.05, 4.69) is 15.0 Å². The SMILES string of the molecule is O=C(NCc1ccc2nccn2c1)c1ccc(S(=O)(=O)Nc2cccc(Cl)c2)cc1. The van der Waals surface area contributed by atoms with Crippen LogP contribution in [0.5, 0.6) is 0 Å². The molecule has 2 N–H and O–H groups in total. The topological polar surface area (TPSA) is 92.6 Å². The number of hydrogen-bond acceptors (Lipinski definition) is 4. The van der Waals surface area contributed by atoms with E-state index in [1.165, 1.54) is 30.3 Å². The first-order valence-corrected chi connectivity index (χ1v) is 10.9. The third-order valence-corrected chi connectivity index (χ3v) is 6.04. The van der Waals surface area contributed by atoms with Crippen molar-refractivity contribution in [3.05, 3.63) is 95.4 Å². The molecule has 7 nitrogen and oxygen atoms in total. The van der Waals surface area contributed by atoms with Gasteiger partial charge in [0, 0.05) is 35.7 Å². The van der Waals surface area contributed by atoms with Crippen molar-refractivity contribution in [2.45, 2.75) is 11.4 Å². The van der Waals surface area contributed by atoms with Crippen molar-refractivity contribution in [2.75, 3.05) is 4.72 Å². The number of carbonyl (C=O) groups is 1. The number of nitrogens with one attached hydrogen (secondary N) is 2. The second kappa shape index (κ2) is 8.17. The van der Waals surface area contributed by atoms with Crippen molar-refractivity contribution >= 4 is 38.9 Å². The van der Waals surface area contributed by atoms with Crippen LogP contribution in [0.3, 0.4) is 0 Å². The second-order valence-corrected chi connectivity index (χ2v) is 8.67. The average molecular weight is 441 g/mol. The monoisotopic (exact) mass is 440 g/mol. The van der Waals surface area contributed by atoms with Crippen molar-refractivity contribution in [3.8, 4) is 0 Å². The Bertz CT molecular complexity index is 1320. The van der Waals surface area contributed by atoms with Crippen LogP contribution in [0.4, 0.5) is 5.69 Å². The highest BCUT2D eigenvalue weighted by Crippen LogP contribution is 2.20. The number of anilines is 1. The average Bonchev–Trinajstić information content (AvgIpc) is 3.20. The van der Waals surface area contributed by atoms with Gasteiger partial charge in [0.15, 0.2) is 0 Å². The van der Waals surface area contributed by atoms with Crippen LogP contribution in [0.25, 0.3) is 5.65 Å². The zero-order valence-corrected chi connectivity index (χ0v) is 17.2. The number of carbonyl (C=O) groups excluding carboxylic acids is 1. The Kier molecular flexibility index (Phi) is 5.43. The minimum Gasteiger partial charge on any atom is -0.348 e. The number of imidazole rings is 1. The molecule has 0 aliphatic heterocycles. The van der Waals surface area contributed by atoms with Crippen molar-refractivity contribution in [1.82, 2.24) is 14.7 Å². The Morgan fingerprint density at radius 2 is 1.87 bits per heavy atom. The van der Waals surface area contributed by atoms with Crippen molar-refractivity contribution in [1.29, 1.82) is 0 Å². The van der Waals surface area contributed by atoms with Crippen LogP contribution in [-0.4, -0.2) is 23.7 Å². The predicted octanol–water partition coefficient (Wildman–Crippen LogP) is 3.72. The summed E-state index contributed by atoms with van der Waals surface area (Å²) in [6.07, 6.45) is 5.42. The maximum Gasteiger partial charge on any atom is 0.261 e. The van der Waals surface area contributed by atoms with E-state index >= 15 is 0 Å². The lowest BCUT2D eigenvalue weighted by atomic mass is 10.2. The lowest BCUT2D eigenvalue weighted by Crippen LogP contribution is -2.23. The number of nitrogens with zero attached hydrogens (tertiary/aromatic N) is 2. The molecule has 0 bridgehead atoms. The van der Waals surface area contributed by atoms with Gasteiger partial charge in [0.2, 0.25) is 0 Å². The maximum absolute atomic E-state index is 12.5. The van der Waals surface area contributed by atoms with Gasteiger partial charge in [-0.2, -0.15) is 0 Å². The maximum atomic E-state index is 12.5. The summed E-state index contributed by atoms with van der Waals surface area (Å²) in [5.41, 5.74) is 2.46. The molecule has 0 fully saturated rings. The number of aromatic nitrogens is 2. The molecule has 2 heterocycles. The molecule has 1 amide bonds. The molecule has 0 spiro atoms. The molecule has 152 valence electrons. The van der Waals surface area contributed by atoms with Crippen LogP contribution in [0.1, 0.15) is 15.9 Å². The van der Waals surface area contributed by atoms with E-state index in [9.17, 15) is 13.2 Å². The van der Waals surface area contributed by atoms with Crippen molar-refractivity contribution < 1.29 is 13.2 Å². The zero-order chi connectivity index (χ0) is 21.1. The van der Waals surface area contributed by atoms with E-state index in [1.54, 1.807) is 24.4 Å². The van der Waals surface area contributed by atoms with E-state index in [0.717, 1.165) is 11.2 Å². The molecule has 0 radical (unpaired) electrons. The molecule has 9 heteroatoms. The van der Waals surface area contributed by atoms with Crippen LogP contribution in [0, 0.1) is 0 Å². The summed E-state index contributed by atoms with van der Waals surface area (Å²) in [6, 6.07) is 15.9. The minimum atomic E-state index is -3.79. The smallest absolute Gasteiger partial charge is 0.261 e. The number of pyridine rings is 1. The molecule has 0 unspecified atom stereocenters. The highest BCUT2D eigenvalue weighted by Gasteiger charge is 2.15. The van der Waals surface area contributed by atoms with Gasteiger partial charge >= 0.3 is 0 Å². The number of hydrogen-bond donors (Lipinski definition) is 2. The Balaban J connectivity index is 1.42. The first kappa shape index (κ1) is 19.9. The van der Waals surface area contributed by atoms with Crippen molar-refractivity contribution in [3.63, 3.8) is 0 Å². The lowest BCUT2D eigenvalue weighted by Gasteiger charge is -2.10. The summed E-state index contributed by atoms with van der Waals surface area (Å²) < 4.78 is 29.4. The highest BCUT2D eigenvalue weighted by molar-refractivity contribution is 7.92. The number of halogens is 1. The van der Waals surface area contributed by atoms with Gasteiger partial charge in [-0.3, -0.25) is 9.52 Å². The standard InChI is InChI=1S/C21H17ClN4O3S/c22-17-2-1-3-18(12-17)25-30(28,29)19-7-5-16(6-8-19)21(27)24-13-15-4-9-20-23-10-11-26(20)14-15/h1-12,14,25H,13H2,(H,24,27). The van der Waals surface area contributed by atoms with E-state index in [-0.39, 0.29) is 10.8 Å². The van der Waals surface area contributed by atoms with E-state index in [4.69, 9.17) is 11.6 Å². The molecule has 0 saturated carbocycles. The first-order chi connectivity index (χ1) is 14.4. The van der Waals surface area contributed by atoms with Gasteiger partial charge in [0.25, 0.3) is 15.9 Å². The van der Waals surface area contributed by atoms with Crippen LogP contribution in [-0.2, 0) is 16.6 Å². The summed E-state index contributed by atoms with van der Waals surface area (Å²) in [6.45, 7) is 0.337. The van der Waals surface area contributed by atoms with Gasteiger partial charge in [0.05, 0.1) is 10.6 Å². The fourth-order valence-electron chi connectivity index (χ4n) is 2.91. The molecule has 4 rings (SSSR count). The van der Waals surface area contributed by atoms with E-state index < -0.39 is 10.0 Å². The molecule has 30 heavy (non-hydrogen) atoms. The molecule has 4 aromatic rings.